The molecule has 2 aromatic heterocycles. The Morgan fingerprint density at radius 2 is 1.75 bits per heavy atom. The van der Waals surface area contributed by atoms with E-state index in [0.717, 1.165) is 41.5 Å². The van der Waals surface area contributed by atoms with Crippen LogP contribution in [-0.2, 0) is 37.2 Å². The third-order valence-electron chi connectivity index (χ3n) is 6.11. The molecule has 0 radical (unpaired) electrons. The molecular formula is C26H27N5O. The predicted octanol–water partition coefficient (Wildman–Crippen LogP) is 5.09. The van der Waals surface area contributed by atoms with Gasteiger partial charge in [0.05, 0.1) is 13.2 Å². The van der Waals surface area contributed by atoms with Gasteiger partial charge in [-0.2, -0.15) is 5.21 Å². The van der Waals surface area contributed by atoms with Crippen molar-refractivity contribution in [3.05, 3.63) is 82.7 Å². The lowest BCUT2D eigenvalue weighted by molar-refractivity contribution is 0.106. The van der Waals surface area contributed by atoms with E-state index >= 15 is 0 Å². The van der Waals surface area contributed by atoms with Gasteiger partial charge in [0.2, 0.25) is 5.82 Å². The second-order valence-electron chi connectivity index (χ2n) is 8.23. The highest BCUT2D eigenvalue weighted by molar-refractivity contribution is 5.80. The van der Waals surface area contributed by atoms with Crippen molar-refractivity contribution in [2.75, 3.05) is 0 Å². The SMILES string of the molecule is CCc1cc(COCc2ccc(-c3ccccc3-c3nn[nH]n3)cc2)c2c(n1)CCCC2. The molecule has 0 amide bonds. The minimum atomic E-state index is 0.589. The molecule has 1 aliphatic carbocycles. The first-order valence-electron chi connectivity index (χ1n) is 11.3. The summed E-state index contributed by atoms with van der Waals surface area (Å²) in [6, 6.07) is 18.8. The predicted molar refractivity (Wildman–Crippen MR) is 124 cm³/mol. The summed E-state index contributed by atoms with van der Waals surface area (Å²) in [6.45, 7) is 3.40. The Morgan fingerprint density at radius 1 is 0.938 bits per heavy atom. The maximum Gasteiger partial charge on any atom is 0.205 e. The van der Waals surface area contributed by atoms with Crippen LogP contribution in [0.25, 0.3) is 22.5 Å². The summed E-state index contributed by atoms with van der Waals surface area (Å²) in [7, 11) is 0. The van der Waals surface area contributed by atoms with Gasteiger partial charge in [0.25, 0.3) is 0 Å². The van der Waals surface area contributed by atoms with Crippen LogP contribution in [0.1, 0.15) is 47.8 Å². The highest BCUT2D eigenvalue weighted by Gasteiger charge is 2.16. The zero-order chi connectivity index (χ0) is 21.8. The average Bonchev–Trinajstić information content (AvgIpc) is 3.39. The van der Waals surface area contributed by atoms with E-state index in [-0.39, 0.29) is 0 Å². The van der Waals surface area contributed by atoms with Crippen LogP contribution in [0, 0.1) is 0 Å². The maximum absolute atomic E-state index is 6.14. The van der Waals surface area contributed by atoms with Crippen LogP contribution in [-0.4, -0.2) is 25.6 Å². The van der Waals surface area contributed by atoms with Gasteiger partial charge in [0.1, 0.15) is 0 Å². The molecule has 1 N–H and O–H groups in total. The summed E-state index contributed by atoms with van der Waals surface area (Å²) in [5.74, 6) is 0.597. The molecule has 6 nitrogen and oxygen atoms in total. The number of pyridine rings is 1. The third kappa shape index (κ3) is 4.32. The van der Waals surface area contributed by atoms with Crippen molar-refractivity contribution in [2.45, 2.75) is 52.2 Å². The molecule has 0 aliphatic heterocycles. The van der Waals surface area contributed by atoms with Crippen molar-refractivity contribution in [1.82, 2.24) is 25.6 Å². The Morgan fingerprint density at radius 3 is 2.53 bits per heavy atom. The van der Waals surface area contributed by atoms with Gasteiger partial charge in [-0.05, 0) is 71.2 Å². The Kier molecular flexibility index (Phi) is 6.03. The summed E-state index contributed by atoms with van der Waals surface area (Å²) in [4.78, 5) is 4.85. The highest BCUT2D eigenvalue weighted by atomic mass is 16.5. The largest absolute Gasteiger partial charge is 0.372 e. The average molecular weight is 426 g/mol. The normalized spacial score (nSPS) is 13.2. The molecule has 0 atom stereocenters. The maximum atomic E-state index is 6.14. The van der Waals surface area contributed by atoms with Gasteiger partial charge in [-0.3, -0.25) is 4.98 Å². The summed E-state index contributed by atoms with van der Waals surface area (Å²) >= 11 is 0. The molecule has 0 saturated heterocycles. The number of aromatic nitrogens is 5. The highest BCUT2D eigenvalue weighted by Crippen LogP contribution is 2.30. The number of hydrogen-bond acceptors (Lipinski definition) is 5. The Balaban J connectivity index is 1.28. The number of nitrogens with one attached hydrogen (secondary N) is 1. The molecular weight excluding hydrogens is 398 g/mol. The number of hydrogen-bond donors (Lipinski definition) is 1. The van der Waals surface area contributed by atoms with Gasteiger partial charge in [-0.15, -0.1) is 10.2 Å². The molecule has 2 heterocycles. The number of fused-ring (bicyclic) bond motifs is 1. The Hall–Kier alpha value is -3.38. The molecule has 1 aliphatic rings. The van der Waals surface area contributed by atoms with Crippen molar-refractivity contribution in [3.63, 3.8) is 0 Å². The fraction of sp³-hybridized carbons (Fsp3) is 0.308. The molecule has 0 unspecified atom stereocenters. The number of H-pyrrole nitrogens is 1. The lowest BCUT2D eigenvalue weighted by Crippen LogP contribution is -2.11. The molecule has 0 bridgehead atoms. The van der Waals surface area contributed by atoms with Crippen molar-refractivity contribution in [2.24, 2.45) is 0 Å². The Bertz CT molecular complexity index is 1190. The van der Waals surface area contributed by atoms with E-state index in [9.17, 15) is 0 Å². The van der Waals surface area contributed by atoms with Crippen LogP contribution in [0.15, 0.2) is 54.6 Å². The number of ether oxygens (including phenoxy) is 1. The fourth-order valence-electron chi connectivity index (χ4n) is 4.43. The molecule has 4 aromatic rings. The van der Waals surface area contributed by atoms with Crippen molar-refractivity contribution in [3.8, 4) is 22.5 Å². The molecule has 6 heteroatoms. The summed E-state index contributed by atoms with van der Waals surface area (Å²) in [5, 5.41) is 14.5. The summed E-state index contributed by atoms with van der Waals surface area (Å²) in [6.07, 6.45) is 5.69. The summed E-state index contributed by atoms with van der Waals surface area (Å²) in [5.41, 5.74) is 9.51. The van der Waals surface area contributed by atoms with Gasteiger partial charge in [-0.25, -0.2) is 0 Å². The molecule has 162 valence electrons. The number of nitrogens with zero attached hydrogens (tertiary/aromatic N) is 4. The van der Waals surface area contributed by atoms with E-state index in [1.807, 2.05) is 18.2 Å². The van der Waals surface area contributed by atoms with Crippen LogP contribution in [0.4, 0.5) is 0 Å². The second kappa shape index (κ2) is 9.40. The van der Waals surface area contributed by atoms with Gasteiger partial charge >= 0.3 is 0 Å². The molecule has 0 saturated carbocycles. The van der Waals surface area contributed by atoms with E-state index in [1.165, 1.54) is 35.4 Å². The molecule has 5 rings (SSSR count). The molecule has 2 aromatic carbocycles. The lowest BCUT2D eigenvalue weighted by atomic mass is 9.91. The molecule has 0 spiro atoms. The monoisotopic (exact) mass is 425 g/mol. The van der Waals surface area contributed by atoms with Crippen LogP contribution in [0.5, 0.6) is 0 Å². The zero-order valence-electron chi connectivity index (χ0n) is 18.3. The molecule has 0 fully saturated rings. The zero-order valence-corrected chi connectivity index (χ0v) is 18.3. The van der Waals surface area contributed by atoms with Crippen molar-refractivity contribution >= 4 is 0 Å². The number of rotatable bonds is 7. The second-order valence-corrected chi connectivity index (χ2v) is 8.23. The summed E-state index contributed by atoms with van der Waals surface area (Å²) < 4.78 is 6.14. The minimum Gasteiger partial charge on any atom is -0.372 e. The lowest BCUT2D eigenvalue weighted by Gasteiger charge is -2.20. The van der Waals surface area contributed by atoms with Crippen LogP contribution < -0.4 is 0 Å². The van der Waals surface area contributed by atoms with E-state index in [4.69, 9.17) is 9.72 Å². The van der Waals surface area contributed by atoms with E-state index in [2.05, 4.69) is 63.9 Å². The van der Waals surface area contributed by atoms with Crippen molar-refractivity contribution < 1.29 is 4.74 Å². The number of tetrazole rings is 1. The standard InChI is InChI=1S/C26H27N5O/c1-2-21-15-20(23-8-5-6-10-25(23)27-21)17-32-16-18-11-13-19(14-12-18)22-7-3-4-9-24(22)26-28-30-31-29-26/h3-4,7,9,11-15H,2,5-6,8,10,16-17H2,1H3,(H,28,29,30,31). The number of benzene rings is 2. The third-order valence-corrected chi connectivity index (χ3v) is 6.11. The van der Waals surface area contributed by atoms with Crippen molar-refractivity contribution in [1.29, 1.82) is 0 Å². The fourth-order valence-corrected chi connectivity index (χ4v) is 4.43. The molecule has 32 heavy (non-hydrogen) atoms. The van der Waals surface area contributed by atoms with Crippen LogP contribution in [0.3, 0.4) is 0 Å². The van der Waals surface area contributed by atoms with Gasteiger partial charge in [0.15, 0.2) is 0 Å². The van der Waals surface area contributed by atoms with Crippen LogP contribution >= 0.6 is 0 Å². The first kappa shape index (κ1) is 20.5. The smallest absolute Gasteiger partial charge is 0.205 e. The minimum absolute atomic E-state index is 0.589. The topological polar surface area (TPSA) is 76.6 Å². The van der Waals surface area contributed by atoms with Gasteiger partial charge in [-0.1, -0.05) is 55.5 Å². The first-order valence-corrected chi connectivity index (χ1v) is 11.3. The van der Waals surface area contributed by atoms with Crippen LogP contribution in [0.2, 0.25) is 0 Å². The number of aromatic amines is 1. The number of aryl methyl sites for hydroxylation is 2. The van der Waals surface area contributed by atoms with E-state index < -0.39 is 0 Å². The quantitative estimate of drug-likeness (QED) is 0.446. The van der Waals surface area contributed by atoms with E-state index in [1.54, 1.807) is 0 Å². The first-order chi connectivity index (χ1) is 15.8. The Labute approximate surface area is 188 Å². The van der Waals surface area contributed by atoms with Gasteiger partial charge in [0, 0.05) is 17.0 Å². The van der Waals surface area contributed by atoms with Gasteiger partial charge < -0.3 is 4.74 Å². The van der Waals surface area contributed by atoms with E-state index in [0.29, 0.717) is 19.0 Å².